The average molecular weight is 446 g/mol. The molecule has 150 valence electrons. The number of carbonyl (C=O) groups is 1. The monoisotopic (exact) mass is 445 g/mol. The van der Waals surface area contributed by atoms with E-state index in [-0.39, 0.29) is 18.0 Å². The number of rotatable bonds is 6. The Morgan fingerprint density at radius 3 is 2.75 bits per heavy atom. The molecule has 3 rings (SSSR count). The maximum atomic E-state index is 12.4. The predicted molar refractivity (Wildman–Crippen MR) is 116 cm³/mol. The first-order valence-electron chi connectivity index (χ1n) is 9.76. The number of likely N-dealkylation sites (tertiary alicyclic amines) is 1. The van der Waals surface area contributed by atoms with E-state index < -0.39 is 0 Å². The van der Waals surface area contributed by atoms with Gasteiger partial charge in [0.25, 0.3) is 0 Å². The van der Waals surface area contributed by atoms with Crippen LogP contribution in [0.2, 0.25) is 0 Å². The number of nitrogens with one attached hydrogen (secondary N) is 2. The molecule has 1 saturated heterocycles. The number of amides is 2. The zero-order valence-electron chi connectivity index (χ0n) is 16.5. The molecule has 1 heterocycles. The third-order valence-electron chi connectivity index (χ3n) is 5.25. The van der Waals surface area contributed by atoms with E-state index in [1.807, 2.05) is 30.0 Å². The summed E-state index contributed by atoms with van der Waals surface area (Å²) in [5.41, 5.74) is 2.38. The lowest BCUT2D eigenvalue weighted by molar-refractivity contribution is 0.165. The minimum Gasteiger partial charge on any atom is -0.496 e. The Balaban J connectivity index is 1.75. The van der Waals surface area contributed by atoms with Gasteiger partial charge >= 0.3 is 6.03 Å². The highest BCUT2D eigenvalue weighted by Gasteiger charge is 2.32. The van der Waals surface area contributed by atoms with E-state index in [9.17, 15) is 4.79 Å². The summed E-state index contributed by atoms with van der Waals surface area (Å²) in [4.78, 5) is 14.3. The van der Waals surface area contributed by atoms with Crippen molar-refractivity contribution in [3.63, 3.8) is 0 Å². The summed E-state index contributed by atoms with van der Waals surface area (Å²) in [6.45, 7) is 4.78. The number of halogens is 1. The van der Waals surface area contributed by atoms with Gasteiger partial charge in [0.2, 0.25) is 0 Å². The van der Waals surface area contributed by atoms with E-state index in [2.05, 4.69) is 56.9 Å². The van der Waals surface area contributed by atoms with Crippen LogP contribution in [0.4, 0.5) is 4.79 Å². The highest BCUT2D eigenvalue weighted by Crippen LogP contribution is 2.29. The van der Waals surface area contributed by atoms with Crippen molar-refractivity contribution in [3.05, 3.63) is 64.1 Å². The molecule has 1 fully saturated rings. The molecule has 2 amide bonds. The average Bonchev–Trinajstić information content (AvgIpc) is 2.73. The topological polar surface area (TPSA) is 53.6 Å². The molecule has 0 bridgehead atoms. The number of methoxy groups -OCH3 is 1. The van der Waals surface area contributed by atoms with E-state index in [4.69, 9.17) is 4.74 Å². The zero-order valence-corrected chi connectivity index (χ0v) is 18.0. The molecule has 28 heavy (non-hydrogen) atoms. The molecule has 2 unspecified atom stereocenters. The van der Waals surface area contributed by atoms with E-state index in [0.29, 0.717) is 13.1 Å². The summed E-state index contributed by atoms with van der Waals surface area (Å²) >= 11 is 3.54. The predicted octanol–water partition coefficient (Wildman–Crippen LogP) is 4.13. The van der Waals surface area contributed by atoms with Crippen molar-refractivity contribution in [1.82, 2.24) is 15.5 Å². The Kier molecular flexibility index (Phi) is 7.34. The molecule has 2 atom stereocenters. The number of piperidine rings is 1. The zero-order chi connectivity index (χ0) is 19.9. The summed E-state index contributed by atoms with van der Waals surface area (Å²) in [6.07, 6.45) is 0.910. The Hall–Kier alpha value is -2.05. The van der Waals surface area contributed by atoms with E-state index in [0.717, 1.165) is 35.3 Å². The highest BCUT2D eigenvalue weighted by molar-refractivity contribution is 9.10. The molecular formula is C22H28BrN3O2. The van der Waals surface area contributed by atoms with Crippen molar-refractivity contribution in [2.24, 2.45) is 0 Å². The van der Waals surface area contributed by atoms with Crippen LogP contribution >= 0.6 is 15.9 Å². The van der Waals surface area contributed by atoms with Crippen LogP contribution in [0.25, 0.3) is 0 Å². The van der Waals surface area contributed by atoms with Gasteiger partial charge in [-0.05, 0) is 37.1 Å². The number of urea groups is 1. The van der Waals surface area contributed by atoms with Crippen molar-refractivity contribution in [1.29, 1.82) is 0 Å². The van der Waals surface area contributed by atoms with Gasteiger partial charge in [-0.1, -0.05) is 46.3 Å². The first-order valence-corrected chi connectivity index (χ1v) is 10.5. The standard InChI is InChI=1S/C22H28BrN3O2/c1-3-24-22(27)26-12-11-20(19(15-26)16-7-5-4-6-8-16)25-14-17-13-18(23)9-10-21(17)28-2/h4-10,13,19-20,25H,3,11-12,14-15H2,1-2H3,(H,24,27). The van der Waals surface area contributed by atoms with Gasteiger partial charge in [-0.15, -0.1) is 0 Å². The Labute approximate surface area is 175 Å². The maximum Gasteiger partial charge on any atom is 0.317 e. The van der Waals surface area contributed by atoms with Crippen LogP contribution in [0, 0.1) is 0 Å². The van der Waals surface area contributed by atoms with Crippen LogP contribution in [0.5, 0.6) is 5.75 Å². The van der Waals surface area contributed by atoms with Crippen LogP contribution in [-0.4, -0.2) is 43.7 Å². The van der Waals surface area contributed by atoms with Crippen LogP contribution in [0.15, 0.2) is 53.0 Å². The van der Waals surface area contributed by atoms with E-state index in [1.165, 1.54) is 5.56 Å². The van der Waals surface area contributed by atoms with Gasteiger partial charge in [-0.25, -0.2) is 4.79 Å². The van der Waals surface area contributed by atoms with Crippen LogP contribution in [0.1, 0.15) is 30.4 Å². The molecule has 0 aliphatic carbocycles. The van der Waals surface area contributed by atoms with Crippen LogP contribution < -0.4 is 15.4 Å². The molecule has 0 saturated carbocycles. The molecule has 2 aromatic carbocycles. The van der Waals surface area contributed by atoms with Gasteiger partial charge in [-0.2, -0.15) is 0 Å². The summed E-state index contributed by atoms with van der Waals surface area (Å²) < 4.78 is 6.54. The fourth-order valence-corrected chi connectivity index (χ4v) is 4.22. The molecule has 6 heteroatoms. The van der Waals surface area contributed by atoms with Gasteiger partial charge in [0.1, 0.15) is 5.75 Å². The molecule has 0 radical (unpaired) electrons. The minimum atomic E-state index is 0.0236. The van der Waals surface area contributed by atoms with Gasteiger partial charge < -0.3 is 20.3 Å². The summed E-state index contributed by atoms with van der Waals surface area (Å²) in [5.74, 6) is 1.13. The van der Waals surface area contributed by atoms with Crippen molar-refractivity contribution in [2.45, 2.75) is 31.8 Å². The van der Waals surface area contributed by atoms with E-state index in [1.54, 1.807) is 7.11 Å². The second-order valence-electron chi connectivity index (χ2n) is 7.03. The fourth-order valence-electron chi connectivity index (χ4n) is 3.81. The normalized spacial score (nSPS) is 19.3. The van der Waals surface area contributed by atoms with Gasteiger partial charge in [-0.3, -0.25) is 0 Å². The van der Waals surface area contributed by atoms with Crippen LogP contribution in [0.3, 0.4) is 0 Å². The summed E-state index contributed by atoms with van der Waals surface area (Å²) in [6, 6.07) is 16.8. The Morgan fingerprint density at radius 2 is 2.04 bits per heavy atom. The number of nitrogens with zero attached hydrogens (tertiary/aromatic N) is 1. The quantitative estimate of drug-likeness (QED) is 0.702. The lowest BCUT2D eigenvalue weighted by Crippen LogP contribution is -2.52. The Bertz CT molecular complexity index is 785. The second-order valence-corrected chi connectivity index (χ2v) is 7.95. The minimum absolute atomic E-state index is 0.0236. The molecule has 1 aliphatic heterocycles. The first-order chi connectivity index (χ1) is 13.6. The highest BCUT2D eigenvalue weighted by atomic mass is 79.9. The lowest BCUT2D eigenvalue weighted by Gasteiger charge is -2.39. The van der Waals surface area contributed by atoms with Crippen molar-refractivity contribution >= 4 is 22.0 Å². The molecule has 5 nitrogen and oxygen atoms in total. The summed E-state index contributed by atoms with van der Waals surface area (Å²) in [5, 5.41) is 6.65. The molecule has 0 aromatic heterocycles. The SMILES string of the molecule is CCNC(=O)N1CCC(NCc2cc(Br)ccc2OC)C(c2ccccc2)C1. The lowest BCUT2D eigenvalue weighted by atomic mass is 9.86. The third kappa shape index (κ3) is 5.06. The van der Waals surface area contributed by atoms with Crippen molar-refractivity contribution < 1.29 is 9.53 Å². The van der Waals surface area contributed by atoms with Gasteiger partial charge in [0, 0.05) is 48.2 Å². The smallest absolute Gasteiger partial charge is 0.317 e. The number of ether oxygens (including phenoxy) is 1. The number of benzene rings is 2. The molecule has 2 aromatic rings. The largest absolute Gasteiger partial charge is 0.496 e. The molecular weight excluding hydrogens is 418 g/mol. The first kappa shape index (κ1) is 20.7. The van der Waals surface area contributed by atoms with Crippen molar-refractivity contribution in [2.75, 3.05) is 26.7 Å². The maximum absolute atomic E-state index is 12.4. The molecule has 2 N–H and O–H groups in total. The molecule has 1 aliphatic rings. The van der Waals surface area contributed by atoms with Crippen molar-refractivity contribution in [3.8, 4) is 5.75 Å². The Morgan fingerprint density at radius 1 is 1.25 bits per heavy atom. The number of carbonyl (C=O) groups excluding carboxylic acids is 1. The van der Waals surface area contributed by atoms with Gasteiger partial charge in [0.15, 0.2) is 0 Å². The third-order valence-corrected chi connectivity index (χ3v) is 5.75. The summed E-state index contributed by atoms with van der Waals surface area (Å²) in [7, 11) is 1.70. The van der Waals surface area contributed by atoms with Gasteiger partial charge in [0.05, 0.1) is 7.11 Å². The molecule has 0 spiro atoms. The van der Waals surface area contributed by atoms with E-state index >= 15 is 0 Å². The number of hydrogen-bond acceptors (Lipinski definition) is 3. The fraction of sp³-hybridized carbons (Fsp3) is 0.409. The number of hydrogen-bond donors (Lipinski definition) is 2. The second kappa shape index (κ2) is 9.94. The van der Waals surface area contributed by atoms with Crippen LogP contribution in [-0.2, 0) is 6.54 Å².